The number of hydrogen-bond acceptors (Lipinski definition) is 3. The van der Waals surface area contributed by atoms with Crippen molar-refractivity contribution in [2.45, 2.75) is 19.9 Å². The predicted molar refractivity (Wildman–Crippen MR) is 81.6 cm³/mol. The van der Waals surface area contributed by atoms with Crippen LogP contribution in [0.15, 0.2) is 41.8 Å². The predicted octanol–water partition coefficient (Wildman–Crippen LogP) is 3.96. The third-order valence-corrected chi connectivity index (χ3v) is 4.20. The fourth-order valence-corrected chi connectivity index (χ4v) is 3.14. The van der Waals surface area contributed by atoms with Crippen molar-refractivity contribution in [1.29, 1.82) is 0 Å². The monoisotopic (exact) mass is 268 g/mol. The summed E-state index contributed by atoms with van der Waals surface area (Å²) in [4.78, 5) is 5.86. The van der Waals surface area contributed by atoms with Crippen molar-refractivity contribution in [3.8, 4) is 0 Å². The number of nitrogens with two attached hydrogens (primary N) is 1. The van der Waals surface area contributed by atoms with Gasteiger partial charge in [0.2, 0.25) is 0 Å². The summed E-state index contributed by atoms with van der Waals surface area (Å²) in [5.74, 6) is 0. The zero-order valence-corrected chi connectivity index (χ0v) is 11.9. The number of nitrogens with zero attached hydrogens (tertiary/aromatic N) is 1. The molecule has 1 atom stereocenters. The molecule has 3 heteroatoms. The molecule has 0 aliphatic carbocycles. The Morgan fingerprint density at radius 2 is 1.95 bits per heavy atom. The van der Waals surface area contributed by atoms with E-state index in [0.717, 1.165) is 22.2 Å². The van der Waals surface area contributed by atoms with Gasteiger partial charge in [-0.2, -0.15) is 0 Å². The molecule has 0 radical (unpaired) electrons. The molecule has 0 aliphatic rings. The lowest BCUT2D eigenvalue weighted by Crippen LogP contribution is -2.12. The number of aryl methyl sites for hydroxylation is 2. The SMILES string of the molecule is Cc1cc(C(N)c2csc(C)c2)c2ccccc2n1. The Hall–Kier alpha value is -1.71. The molecule has 0 amide bonds. The third-order valence-electron chi connectivity index (χ3n) is 3.32. The molecule has 2 N–H and O–H groups in total. The van der Waals surface area contributed by atoms with Gasteiger partial charge in [0, 0.05) is 16.0 Å². The van der Waals surface area contributed by atoms with Crippen LogP contribution in [0.4, 0.5) is 0 Å². The highest BCUT2D eigenvalue weighted by Crippen LogP contribution is 2.29. The van der Waals surface area contributed by atoms with Crippen LogP contribution in [-0.4, -0.2) is 4.98 Å². The van der Waals surface area contributed by atoms with Crippen LogP contribution in [0.1, 0.15) is 27.7 Å². The number of rotatable bonds is 2. The molecule has 2 heterocycles. The largest absolute Gasteiger partial charge is 0.320 e. The van der Waals surface area contributed by atoms with Crippen molar-refractivity contribution in [1.82, 2.24) is 4.98 Å². The van der Waals surface area contributed by atoms with Gasteiger partial charge in [-0.25, -0.2) is 0 Å². The lowest BCUT2D eigenvalue weighted by molar-refractivity contribution is 0.880. The highest BCUT2D eigenvalue weighted by atomic mass is 32.1. The first kappa shape index (κ1) is 12.3. The Balaban J connectivity index is 2.19. The minimum atomic E-state index is -0.0865. The van der Waals surface area contributed by atoms with Gasteiger partial charge in [0.05, 0.1) is 11.6 Å². The van der Waals surface area contributed by atoms with Crippen LogP contribution < -0.4 is 5.73 Å². The number of pyridine rings is 1. The van der Waals surface area contributed by atoms with Crippen molar-refractivity contribution in [2.75, 3.05) is 0 Å². The second-order valence-corrected chi connectivity index (χ2v) is 5.95. The molecule has 0 fully saturated rings. The van der Waals surface area contributed by atoms with Crippen molar-refractivity contribution >= 4 is 22.2 Å². The van der Waals surface area contributed by atoms with E-state index in [4.69, 9.17) is 5.73 Å². The first-order valence-corrected chi connectivity index (χ1v) is 7.20. The van der Waals surface area contributed by atoms with Crippen LogP contribution in [0.25, 0.3) is 10.9 Å². The molecule has 0 bridgehead atoms. The molecule has 3 aromatic rings. The molecule has 1 aromatic carbocycles. The summed E-state index contributed by atoms with van der Waals surface area (Å²) in [6.07, 6.45) is 0. The maximum absolute atomic E-state index is 6.44. The summed E-state index contributed by atoms with van der Waals surface area (Å²) in [7, 11) is 0. The summed E-state index contributed by atoms with van der Waals surface area (Å²) in [5.41, 5.74) is 10.8. The Bertz CT molecular complexity index is 730. The maximum Gasteiger partial charge on any atom is 0.0708 e. The normalized spacial score (nSPS) is 12.8. The smallest absolute Gasteiger partial charge is 0.0708 e. The van der Waals surface area contributed by atoms with Gasteiger partial charge < -0.3 is 5.73 Å². The van der Waals surface area contributed by atoms with E-state index < -0.39 is 0 Å². The van der Waals surface area contributed by atoms with E-state index >= 15 is 0 Å². The van der Waals surface area contributed by atoms with Gasteiger partial charge in [-0.05, 0) is 48.6 Å². The van der Waals surface area contributed by atoms with Gasteiger partial charge in [-0.1, -0.05) is 18.2 Å². The molecule has 2 aromatic heterocycles. The molecule has 0 saturated heterocycles. The third kappa shape index (κ3) is 2.27. The molecule has 96 valence electrons. The highest BCUT2D eigenvalue weighted by Gasteiger charge is 2.14. The van der Waals surface area contributed by atoms with E-state index in [1.54, 1.807) is 11.3 Å². The van der Waals surface area contributed by atoms with E-state index in [2.05, 4.69) is 35.5 Å². The van der Waals surface area contributed by atoms with Gasteiger partial charge >= 0.3 is 0 Å². The van der Waals surface area contributed by atoms with Gasteiger partial charge in [0.1, 0.15) is 0 Å². The first-order chi connectivity index (χ1) is 9.15. The van der Waals surface area contributed by atoms with Crippen LogP contribution in [0, 0.1) is 13.8 Å². The average Bonchev–Trinajstić information content (AvgIpc) is 2.83. The lowest BCUT2D eigenvalue weighted by atomic mass is 9.97. The molecule has 0 saturated carbocycles. The molecular weight excluding hydrogens is 252 g/mol. The summed E-state index contributed by atoms with van der Waals surface area (Å²) in [6.45, 7) is 4.12. The Kier molecular flexibility index (Phi) is 3.09. The van der Waals surface area contributed by atoms with Crippen LogP contribution in [0.3, 0.4) is 0 Å². The summed E-state index contributed by atoms with van der Waals surface area (Å²) in [5, 5.41) is 3.29. The number of thiophene rings is 1. The lowest BCUT2D eigenvalue weighted by Gasteiger charge is -2.14. The molecule has 2 nitrogen and oxygen atoms in total. The van der Waals surface area contributed by atoms with Crippen molar-refractivity contribution < 1.29 is 0 Å². The molecular formula is C16H16N2S. The fraction of sp³-hybridized carbons (Fsp3) is 0.188. The van der Waals surface area contributed by atoms with Gasteiger partial charge in [0.15, 0.2) is 0 Å². The zero-order valence-electron chi connectivity index (χ0n) is 11.1. The molecule has 0 spiro atoms. The topological polar surface area (TPSA) is 38.9 Å². The molecule has 1 unspecified atom stereocenters. The summed E-state index contributed by atoms with van der Waals surface area (Å²) >= 11 is 1.74. The van der Waals surface area contributed by atoms with Gasteiger partial charge in [-0.15, -0.1) is 11.3 Å². The fourth-order valence-electron chi connectivity index (χ4n) is 2.40. The maximum atomic E-state index is 6.44. The second kappa shape index (κ2) is 4.76. The average molecular weight is 268 g/mol. The van der Waals surface area contributed by atoms with Gasteiger partial charge in [0.25, 0.3) is 0 Å². The molecule has 0 aliphatic heterocycles. The van der Waals surface area contributed by atoms with Gasteiger partial charge in [-0.3, -0.25) is 4.98 Å². The zero-order chi connectivity index (χ0) is 13.4. The summed E-state index contributed by atoms with van der Waals surface area (Å²) < 4.78 is 0. The number of hydrogen-bond donors (Lipinski definition) is 1. The quantitative estimate of drug-likeness (QED) is 0.764. The van der Waals surface area contributed by atoms with Crippen LogP contribution >= 0.6 is 11.3 Å². The molecule has 19 heavy (non-hydrogen) atoms. The number of benzene rings is 1. The Morgan fingerprint density at radius 3 is 2.68 bits per heavy atom. The Morgan fingerprint density at radius 1 is 1.16 bits per heavy atom. The minimum absolute atomic E-state index is 0.0865. The van der Waals surface area contributed by atoms with Crippen molar-refractivity contribution in [3.05, 3.63) is 63.5 Å². The molecule has 3 rings (SSSR count). The summed E-state index contributed by atoms with van der Waals surface area (Å²) in [6, 6.07) is 12.4. The van der Waals surface area contributed by atoms with Crippen LogP contribution in [0.5, 0.6) is 0 Å². The minimum Gasteiger partial charge on any atom is -0.320 e. The standard InChI is InChI=1S/C16H16N2S/c1-10-7-14(13-5-3-4-6-15(13)18-10)16(17)12-8-11(2)19-9-12/h3-9,16H,17H2,1-2H3. The van der Waals surface area contributed by atoms with E-state index in [-0.39, 0.29) is 6.04 Å². The number of para-hydroxylation sites is 1. The van der Waals surface area contributed by atoms with Crippen molar-refractivity contribution in [3.63, 3.8) is 0 Å². The van der Waals surface area contributed by atoms with E-state index in [0.29, 0.717) is 0 Å². The van der Waals surface area contributed by atoms with E-state index in [9.17, 15) is 0 Å². The highest BCUT2D eigenvalue weighted by molar-refractivity contribution is 7.10. The first-order valence-electron chi connectivity index (χ1n) is 6.32. The van der Waals surface area contributed by atoms with Crippen LogP contribution in [-0.2, 0) is 0 Å². The van der Waals surface area contributed by atoms with Crippen LogP contribution in [0.2, 0.25) is 0 Å². The number of fused-ring (bicyclic) bond motifs is 1. The van der Waals surface area contributed by atoms with E-state index in [1.807, 2.05) is 25.1 Å². The van der Waals surface area contributed by atoms with E-state index in [1.165, 1.54) is 10.4 Å². The number of aromatic nitrogens is 1. The second-order valence-electron chi connectivity index (χ2n) is 4.84. The van der Waals surface area contributed by atoms with Crippen molar-refractivity contribution in [2.24, 2.45) is 5.73 Å². The Labute approximate surface area is 116 Å².